The number of thioether (sulfide) groups is 1. The summed E-state index contributed by atoms with van der Waals surface area (Å²) >= 11 is 1.99. The average Bonchev–Trinajstić information content (AvgIpc) is 3.00. The van der Waals surface area contributed by atoms with Crippen LogP contribution in [0.15, 0.2) is 0 Å². The zero-order valence-electron chi connectivity index (χ0n) is 10.5. The Morgan fingerprint density at radius 3 is 2.71 bits per heavy atom. The fraction of sp³-hybridized carbons (Fsp3) is 0.929. The van der Waals surface area contributed by atoms with Crippen LogP contribution in [0.5, 0.6) is 0 Å². The van der Waals surface area contributed by atoms with Crippen LogP contribution in [-0.2, 0) is 9.53 Å². The lowest BCUT2D eigenvalue weighted by atomic mass is 9.79. The van der Waals surface area contributed by atoms with Crippen LogP contribution in [0.2, 0.25) is 0 Å². The first-order valence-electron chi connectivity index (χ1n) is 7.05. The highest BCUT2D eigenvalue weighted by Gasteiger charge is 2.43. The van der Waals surface area contributed by atoms with Gasteiger partial charge in [-0.25, -0.2) is 0 Å². The summed E-state index contributed by atoms with van der Waals surface area (Å²) in [6, 6.07) is 0. The summed E-state index contributed by atoms with van der Waals surface area (Å²) in [5.41, 5.74) is 0.0713. The van der Waals surface area contributed by atoms with Gasteiger partial charge < -0.3 is 4.74 Å². The predicted octanol–water partition coefficient (Wildman–Crippen LogP) is 3.05. The summed E-state index contributed by atoms with van der Waals surface area (Å²) in [6.45, 7) is 0.809. The molecule has 1 saturated carbocycles. The fourth-order valence-electron chi connectivity index (χ4n) is 3.68. The lowest BCUT2D eigenvalue weighted by molar-refractivity contribution is -0.137. The van der Waals surface area contributed by atoms with Crippen molar-refractivity contribution < 1.29 is 9.53 Å². The third kappa shape index (κ3) is 2.41. The Morgan fingerprint density at radius 1 is 1.18 bits per heavy atom. The molecule has 2 saturated heterocycles. The van der Waals surface area contributed by atoms with E-state index in [1.807, 2.05) is 11.8 Å². The molecule has 3 heteroatoms. The van der Waals surface area contributed by atoms with Crippen LogP contribution in [0, 0.1) is 11.8 Å². The molecule has 1 aliphatic carbocycles. The van der Waals surface area contributed by atoms with Gasteiger partial charge in [-0.05, 0) is 37.9 Å². The second-order valence-electron chi connectivity index (χ2n) is 5.91. The van der Waals surface area contributed by atoms with Gasteiger partial charge in [0.1, 0.15) is 5.78 Å². The van der Waals surface area contributed by atoms with Crippen molar-refractivity contribution in [2.24, 2.45) is 11.8 Å². The highest BCUT2D eigenvalue weighted by atomic mass is 32.2. The molecule has 0 aromatic rings. The molecular weight excluding hydrogens is 232 g/mol. The van der Waals surface area contributed by atoms with E-state index in [0.717, 1.165) is 44.5 Å². The van der Waals surface area contributed by atoms with Crippen LogP contribution < -0.4 is 0 Å². The van der Waals surface area contributed by atoms with Crippen molar-refractivity contribution >= 4 is 17.5 Å². The molecular formula is C14H22O2S. The molecule has 0 amide bonds. The molecule has 0 bridgehead atoms. The minimum Gasteiger partial charge on any atom is -0.374 e. The van der Waals surface area contributed by atoms with E-state index in [0.29, 0.717) is 17.6 Å². The van der Waals surface area contributed by atoms with Crippen molar-refractivity contribution in [3.63, 3.8) is 0 Å². The first-order valence-corrected chi connectivity index (χ1v) is 8.20. The second kappa shape index (κ2) is 4.93. The fourth-order valence-corrected chi connectivity index (χ4v) is 5.06. The van der Waals surface area contributed by atoms with Gasteiger partial charge in [0.2, 0.25) is 0 Å². The Balaban J connectivity index is 1.64. The zero-order chi connectivity index (χ0) is 11.7. The molecule has 3 aliphatic rings. The smallest absolute Gasteiger partial charge is 0.139 e. The van der Waals surface area contributed by atoms with Crippen LogP contribution in [0.3, 0.4) is 0 Å². The van der Waals surface area contributed by atoms with Gasteiger partial charge in [-0.2, -0.15) is 11.8 Å². The van der Waals surface area contributed by atoms with Crippen LogP contribution in [0.25, 0.3) is 0 Å². The van der Waals surface area contributed by atoms with E-state index >= 15 is 0 Å². The SMILES string of the molecule is O=C(C1CCCC1)C1CCOC2(CCSC2)C1. The maximum atomic E-state index is 12.5. The highest BCUT2D eigenvalue weighted by Crippen LogP contribution is 2.42. The van der Waals surface area contributed by atoms with Crippen molar-refractivity contribution in [2.75, 3.05) is 18.1 Å². The Kier molecular flexibility index (Phi) is 3.49. The predicted molar refractivity (Wildman–Crippen MR) is 70.3 cm³/mol. The molecule has 2 heterocycles. The first-order chi connectivity index (χ1) is 8.29. The molecule has 0 radical (unpaired) electrons. The van der Waals surface area contributed by atoms with Crippen molar-refractivity contribution in [3.8, 4) is 0 Å². The van der Waals surface area contributed by atoms with Gasteiger partial charge in [0.15, 0.2) is 0 Å². The molecule has 2 unspecified atom stereocenters. The summed E-state index contributed by atoms with van der Waals surface area (Å²) in [4.78, 5) is 12.5. The standard InChI is InChI=1S/C14H22O2S/c15-13(11-3-1-2-4-11)12-5-7-16-14(9-12)6-8-17-10-14/h11-12H,1-10H2. The number of Topliss-reactive ketones (excluding diaryl/α,β-unsaturated/α-hetero) is 1. The van der Waals surface area contributed by atoms with Gasteiger partial charge >= 0.3 is 0 Å². The van der Waals surface area contributed by atoms with Gasteiger partial charge in [0, 0.05) is 24.2 Å². The first kappa shape index (κ1) is 12.0. The topological polar surface area (TPSA) is 26.3 Å². The normalized spacial score (nSPS) is 38.9. The second-order valence-corrected chi connectivity index (χ2v) is 7.01. The van der Waals surface area contributed by atoms with Gasteiger partial charge in [-0.1, -0.05) is 12.8 Å². The minimum absolute atomic E-state index is 0.0713. The number of rotatable bonds is 2. The molecule has 2 aliphatic heterocycles. The van der Waals surface area contributed by atoms with Gasteiger partial charge in [0.25, 0.3) is 0 Å². The van der Waals surface area contributed by atoms with Crippen LogP contribution in [-0.4, -0.2) is 29.5 Å². The zero-order valence-corrected chi connectivity index (χ0v) is 11.3. The summed E-state index contributed by atoms with van der Waals surface area (Å²) in [5.74, 6) is 3.60. The number of carbonyl (C=O) groups excluding carboxylic acids is 1. The van der Waals surface area contributed by atoms with Gasteiger partial charge in [-0.15, -0.1) is 0 Å². The number of ether oxygens (including phenoxy) is 1. The maximum absolute atomic E-state index is 12.5. The van der Waals surface area contributed by atoms with E-state index in [9.17, 15) is 4.79 Å². The third-order valence-electron chi connectivity index (χ3n) is 4.72. The molecule has 3 rings (SSSR count). The number of ketones is 1. The molecule has 96 valence electrons. The summed E-state index contributed by atoms with van der Waals surface area (Å²) in [6.07, 6.45) is 7.97. The molecule has 2 atom stereocenters. The minimum atomic E-state index is 0.0713. The largest absolute Gasteiger partial charge is 0.374 e. The van der Waals surface area contributed by atoms with E-state index in [4.69, 9.17) is 4.74 Å². The quantitative estimate of drug-likeness (QED) is 0.757. The third-order valence-corrected chi connectivity index (χ3v) is 5.94. The molecule has 0 aromatic heterocycles. The maximum Gasteiger partial charge on any atom is 0.139 e. The van der Waals surface area contributed by atoms with Crippen LogP contribution in [0.1, 0.15) is 44.9 Å². The molecule has 0 aromatic carbocycles. The highest BCUT2D eigenvalue weighted by molar-refractivity contribution is 7.99. The molecule has 1 spiro atoms. The summed E-state index contributed by atoms with van der Waals surface area (Å²) in [7, 11) is 0. The molecule has 17 heavy (non-hydrogen) atoms. The van der Waals surface area contributed by atoms with E-state index in [-0.39, 0.29) is 5.60 Å². The average molecular weight is 254 g/mol. The van der Waals surface area contributed by atoms with E-state index in [2.05, 4.69) is 0 Å². The van der Waals surface area contributed by atoms with Crippen molar-refractivity contribution in [1.82, 2.24) is 0 Å². The van der Waals surface area contributed by atoms with Gasteiger partial charge in [-0.3, -0.25) is 4.79 Å². The lowest BCUT2D eigenvalue weighted by Gasteiger charge is -2.37. The Bertz CT molecular complexity index is 291. The molecule has 0 N–H and O–H groups in total. The molecule has 3 fully saturated rings. The summed E-state index contributed by atoms with van der Waals surface area (Å²) in [5, 5.41) is 0. The Morgan fingerprint density at radius 2 is 2.00 bits per heavy atom. The van der Waals surface area contributed by atoms with E-state index in [1.54, 1.807) is 0 Å². The van der Waals surface area contributed by atoms with E-state index < -0.39 is 0 Å². The molecule has 2 nitrogen and oxygen atoms in total. The number of hydrogen-bond acceptors (Lipinski definition) is 3. The van der Waals surface area contributed by atoms with Crippen molar-refractivity contribution in [1.29, 1.82) is 0 Å². The van der Waals surface area contributed by atoms with Crippen molar-refractivity contribution in [3.05, 3.63) is 0 Å². The number of carbonyl (C=O) groups is 1. The van der Waals surface area contributed by atoms with Crippen LogP contribution >= 0.6 is 11.8 Å². The van der Waals surface area contributed by atoms with E-state index in [1.165, 1.54) is 18.6 Å². The van der Waals surface area contributed by atoms with Crippen molar-refractivity contribution in [2.45, 2.75) is 50.5 Å². The van der Waals surface area contributed by atoms with Gasteiger partial charge in [0.05, 0.1) is 5.60 Å². The number of hydrogen-bond donors (Lipinski definition) is 0. The Labute approximate surface area is 108 Å². The monoisotopic (exact) mass is 254 g/mol. The van der Waals surface area contributed by atoms with Crippen LogP contribution in [0.4, 0.5) is 0 Å². The lowest BCUT2D eigenvalue weighted by Crippen LogP contribution is -2.43. The summed E-state index contributed by atoms with van der Waals surface area (Å²) < 4.78 is 6.00. The Hall–Kier alpha value is -0.0200.